The van der Waals surface area contributed by atoms with Crippen molar-refractivity contribution in [3.05, 3.63) is 47.7 Å². The highest BCUT2D eigenvalue weighted by molar-refractivity contribution is 5.89. The van der Waals surface area contributed by atoms with Crippen molar-refractivity contribution in [2.75, 3.05) is 18.6 Å². The molecule has 2 heterocycles. The molecular weight excluding hydrogens is 254 g/mol. The predicted octanol–water partition coefficient (Wildman–Crippen LogP) is 2.08. The van der Waals surface area contributed by atoms with Crippen LogP contribution in [0.1, 0.15) is 22.3 Å². The monoisotopic (exact) mass is 271 g/mol. The molecule has 0 bridgehead atoms. The number of methoxy groups -OCH3 is 1. The molecule has 3 rings (SSSR count). The predicted molar refractivity (Wildman–Crippen MR) is 75.7 cm³/mol. The summed E-state index contributed by atoms with van der Waals surface area (Å²) in [5.41, 5.74) is 1.76. The Balaban J connectivity index is 1.75. The van der Waals surface area contributed by atoms with E-state index in [-0.39, 0.29) is 5.97 Å². The molecule has 0 N–H and O–H groups in total. The summed E-state index contributed by atoms with van der Waals surface area (Å²) < 4.78 is 6.74. The largest absolute Gasteiger partial charge is 0.465 e. The number of carbonyl (C=O) groups is 1. The molecule has 0 spiro atoms. The molecule has 0 saturated carbocycles. The van der Waals surface area contributed by atoms with Crippen LogP contribution in [0, 0.1) is 0 Å². The number of rotatable bonds is 3. The maximum absolute atomic E-state index is 11.4. The molecule has 2 aromatic rings. The first-order valence-corrected chi connectivity index (χ1v) is 6.72. The first-order valence-electron chi connectivity index (χ1n) is 6.72. The van der Waals surface area contributed by atoms with E-state index in [0.29, 0.717) is 5.56 Å². The van der Waals surface area contributed by atoms with E-state index in [4.69, 9.17) is 4.74 Å². The third-order valence-electron chi connectivity index (χ3n) is 3.56. The van der Waals surface area contributed by atoms with Gasteiger partial charge in [0.1, 0.15) is 5.82 Å². The van der Waals surface area contributed by atoms with Crippen LogP contribution in [-0.2, 0) is 17.8 Å². The molecule has 1 aromatic carbocycles. The fraction of sp³-hybridized carbons (Fsp3) is 0.333. The van der Waals surface area contributed by atoms with Gasteiger partial charge in [-0.1, -0.05) is 12.1 Å². The van der Waals surface area contributed by atoms with Crippen molar-refractivity contribution in [3.63, 3.8) is 0 Å². The van der Waals surface area contributed by atoms with E-state index < -0.39 is 0 Å². The molecule has 1 aliphatic rings. The fourth-order valence-corrected chi connectivity index (χ4v) is 2.54. The Kier molecular flexibility index (Phi) is 3.41. The number of aromatic nitrogens is 2. The van der Waals surface area contributed by atoms with Gasteiger partial charge in [-0.3, -0.25) is 0 Å². The number of fused-ring (bicyclic) bond motifs is 1. The number of benzene rings is 1. The van der Waals surface area contributed by atoms with E-state index >= 15 is 0 Å². The second kappa shape index (κ2) is 5.36. The van der Waals surface area contributed by atoms with Gasteiger partial charge in [-0.05, 0) is 24.1 Å². The molecular formula is C15H17N3O2. The minimum Gasteiger partial charge on any atom is -0.465 e. The Morgan fingerprint density at radius 1 is 1.25 bits per heavy atom. The van der Waals surface area contributed by atoms with Gasteiger partial charge >= 0.3 is 5.97 Å². The summed E-state index contributed by atoms with van der Waals surface area (Å²) in [5, 5.41) is 4.31. The standard InChI is InChI=1S/C15H17N3O2/c1-20-15(19)13-5-3-12(4-6-13)11-17-9-2-10-18-14(17)7-8-16-18/h3-8H,2,9-11H2,1H3. The van der Waals surface area contributed by atoms with Crippen LogP contribution in [0.15, 0.2) is 36.5 Å². The minimum absolute atomic E-state index is 0.299. The first-order chi connectivity index (χ1) is 9.78. The summed E-state index contributed by atoms with van der Waals surface area (Å²) in [7, 11) is 1.39. The Bertz CT molecular complexity index is 604. The van der Waals surface area contributed by atoms with Crippen LogP contribution in [0.4, 0.5) is 5.82 Å². The summed E-state index contributed by atoms with van der Waals surface area (Å²) >= 11 is 0. The molecule has 0 amide bonds. The van der Waals surface area contributed by atoms with Gasteiger partial charge < -0.3 is 9.64 Å². The van der Waals surface area contributed by atoms with Gasteiger partial charge in [0.2, 0.25) is 0 Å². The molecule has 0 unspecified atom stereocenters. The Morgan fingerprint density at radius 2 is 2.05 bits per heavy atom. The third-order valence-corrected chi connectivity index (χ3v) is 3.56. The van der Waals surface area contributed by atoms with Crippen LogP contribution in [-0.4, -0.2) is 29.4 Å². The molecule has 0 saturated heterocycles. The zero-order valence-corrected chi connectivity index (χ0v) is 11.5. The number of nitrogens with zero attached hydrogens (tertiary/aromatic N) is 3. The van der Waals surface area contributed by atoms with Crippen molar-refractivity contribution in [2.24, 2.45) is 0 Å². The molecule has 5 nitrogen and oxygen atoms in total. The van der Waals surface area contributed by atoms with E-state index in [2.05, 4.69) is 10.00 Å². The topological polar surface area (TPSA) is 47.4 Å². The van der Waals surface area contributed by atoms with Crippen molar-refractivity contribution >= 4 is 11.8 Å². The normalized spacial score (nSPS) is 13.9. The zero-order chi connectivity index (χ0) is 13.9. The number of carbonyl (C=O) groups excluding carboxylic acids is 1. The maximum atomic E-state index is 11.4. The maximum Gasteiger partial charge on any atom is 0.337 e. The molecule has 0 fully saturated rings. The van der Waals surface area contributed by atoms with E-state index in [9.17, 15) is 4.79 Å². The van der Waals surface area contributed by atoms with Crippen LogP contribution in [0.5, 0.6) is 0 Å². The molecule has 1 aliphatic heterocycles. The van der Waals surface area contributed by atoms with Crippen LogP contribution in [0.2, 0.25) is 0 Å². The quantitative estimate of drug-likeness (QED) is 0.802. The lowest BCUT2D eigenvalue weighted by molar-refractivity contribution is 0.0600. The van der Waals surface area contributed by atoms with Gasteiger partial charge in [0.25, 0.3) is 0 Å². The number of ether oxygens (including phenoxy) is 1. The molecule has 104 valence electrons. The van der Waals surface area contributed by atoms with E-state index in [0.717, 1.165) is 31.9 Å². The zero-order valence-electron chi connectivity index (χ0n) is 11.5. The highest BCUT2D eigenvalue weighted by Gasteiger charge is 2.17. The van der Waals surface area contributed by atoms with Crippen molar-refractivity contribution in [2.45, 2.75) is 19.5 Å². The second-order valence-corrected chi connectivity index (χ2v) is 4.88. The van der Waals surface area contributed by atoms with E-state index in [1.165, 1.54) is 12.7 Å². The van der Waals surface area contributed by atoms with E-state index in [1.807, 2.05) is 41.2 Å². The average molecular weight is 271 g/mol. The molecule has 5 heteroatoms. The number of hydrogen-bond acceptors (Lipinski definition) is 4. The number of aryl methyl sites for hydroxylation is 1. The smallest absolute Gasteiger partial charge is 0.337 e. The van der Waals surface area contributed by atoms with Gasteiger partial charge in [0, 0.05) is 25.7 Å². The highest BCUT2D eigenvalue weighted by Crippen LogP contribution is 2.21. The number of hydrogen-bond donors (Lipinski definition) is 0. The van der Waals surface area contributed by atoms with Crippen molar-refractivity contribution in [3.8, 4) is 0 Å². The second-order valence-electron chi connectivity index (χ2n) is 4.88. The number of esters is 1. The molecule has 0 aliphatic carbocycles. The van der Waals surface area contributed by atoms with Crippen LogP contribution in [0.3, 0.4) is 0 Å². The SMILES string of the molecule is COC(=O)c1ccc(CN2CCCn3nccc32)cc1. The Hall–Kier alpha value is -2.30. The van der Waals surface area contributed by atoms with E-state index in [1.54, 1.807) is 0 Å². The Morgan fingerprint density at radius 3 is 2.80 bits per heavy atom. The molecule has 20 heavy (non-hydrogen) atoms. The highest BCUT2D eigenvalue weighted by atomic mass is 16.5. The summed E-state index contributed by atoms with van der Waals surface area (Å²) in [4.78, 5) is 13.7. The van der Waals surface area contributed by atoms with Crippen molar-refractivity contribution < 1.29 is 9.53 Å². The first kappa shape index (κ1) is 12.7. The van der Waals surface area contributed by atoms with Gasteiger partial charge in [-0.15, -0.1) is 0 Å². The minimum atomic E-state index is -0.299. The number of anilines is 1. The molecule has 0 atom stereocenters. The Labute approximate surface area is 117 Å². The average Bonchev–Trinajstić information content (AvgIpc) is 2.97. The van der Waals surface area contributed by atoms with Crippen LogP contribution in [0.25, 0.3) is 0 Å². The fourth-order valence-electron chi connectivity index (χ4n) is 2.54. The third kappa shape index (κ3) is 2.39. The lowest BCUT2D eigenvalue weighted by Gasteiger charge is -2.29. The summed E-state index contributed by atoms with van der Waals surface area (Å²) in [6, 6.07) is 9.61. The van der Waals surface area contributed by atoms with Gasteiger partial charge in [0.05, 0.1) is 18.9 Å². The van der Waals surface area contributed by atoms with Crippen LogP contribution < -0.4 is 4.90 Å². The lowest BCUT2D eigenvalue weighted by Crippen LogP contribution is -2.31. The summed E-state index contributed by atoms with van der Waals surface area (Å²) in [6.45, 7) is 2.84. The van der Waals surface area contributed by atoms with Crippen molar-refractivity contribution in [1.29, 1.82) is 0 Å². The molecule has 0 radical (unpaired) electrons. The van der Waals surface area contributed by atoms with Crippen LogP contribution >= 0.6 is 0 Å². The van der Waals surface area contributed by atoms with Gasteiger partial charge in [-0.25, -0.2) is 9.48 Å². The summed E-state index contributed by atoms with van der Waals surface area (Å²) in [5.74, 6) is 0.862. The van der Waals surface area contributed by atoms with Gasteiger partial charge in [-0.2, -0.15) is 5.10 Å². The van der Waals surface area contributed by atoms with Gasteiger partial charge in [0.15, 0.2) is 0 Å². The van der Waals surface area contributed by atoms with Crippen molar-refractivity contribution in [1.82, 2.24) is 9.78 Å². The lowest BCUT2D eigenvalue weighted by atomic mass is 10.1. The molecule has 1 aromatic heterocycles. The summed E-state index contributed by atoms with van der Waals surface area (Å²) in [6.07, 6.45) is 2.95.